The Morgan fingerprint density at radius 2 is 2.12 bits per heavy atom. The molecule has 26 heavy (non-hydrogen) atoms. The second-order valence-corrected chi connectivity index (χ2v) is 5.27. The lowest BCUT2D eigenvalue weighted by atomic mass is 10.1. The van der Waals surface area contributed by atoms with Crippen LogP contribution in [0.5, 0.6) is 0 Å². The predicted molar refractivity (Wildman–Crippen MR) is 106 cm³/mol. The van der Waals surface area contributed by atoms with Gasteiger partial charge in [-0.05, 0) is 25.1 Å². The lowest BCUT2D eigenvalue weighted by Crippen LogP contribution is -2.02. The number of nitrogens with one attached hydrogen (secondary N) is 1. The zero-order valence-corrected chi connectivity index (χ0v) is 15.8. The molecule has 3 aromatic heterocycles. The van der Waals surface area contributed by atoms with Crippen LogP contribution in [-0.4, -0.2) is 32.8 Å². The number of aromatic amines is 1. The van der Waals surface area contributed by atoms with E-state index in [1.54, 1.807) is 23.0 Å². The van der Waals surface area contributed by atoms with Crippen molar-refractivity contribution in [2.24, 2.45) is 7.05 Å². The summed E-state index contributed by atoms with van der Waals surface area (Å²) in [5.41, 5.74) is 5.27. The van der Waals surface area contributed by atoms with Gasteiger partial charge in [0.2, 0.25) is 0 Å². The van der Waals surface area contributed by atoms with Crippen LogP contribution in [-0.2, 0) is 11.8 Å². The Morgan fingerprint density at radius 3 is 2.73 bits per heavy atom. The van der Waals surface area contributed by atoms with Crippen LogP contribution >= 0.6 is 0 Å². The molecule has 0 saturated heterocycles. The molecular formula is C20H24N4O2. The van der Waals surface area contributed by atoms with Crippen molar-refractivity contribution in [3.8, 4) is 11.4 Å². The Bertz CT molecular complexity index is 964. The number of carbonyl (C=O) groups excluding carboxylic acids is 1. The summed E-state index contributed by atoms with van der Waals surface area (Å²) in [4.78, 5) is 19.6. The number of esters is 1. The summed E-state index contributed by atoms with van der Waals surface area (Å²) in [6.07, 6.45) is 7.25. The Balaban J connectivity index is 0.00000117. The van der Waals surface area contributed by atoms with E-state index in [0.717, 1.165) is 22.6 Å². The summed E-state index contributed by atoms with van der Waals surface area (Å²) >= 11 is 0. The molecule has 3 rings (SSSR count). The summed E-state index contributed by atoms with van der Waals surface area (Å²) in [7, 11) is 3.23. The fourth-order valence-electron chi connectivity index (χ4n) is 2.80. The van der Waals surface area contributed by atoms with Crippen molar-refractivity contribution in [3.05, 3.63) is 47.8 Å². The van der Waals surface area contributed by atoms with E-state index in [-0.39, 0.29) is 0 Å². The number of methoxy groups -OCH3 is 1. The highest BCUT2D eigenvalue weighted by atomic mass is 16.5. The van der Waals surface area contributed by atoms with Crippen LogP contribution in [0.3, 0.4) is 0 Å². The highest BCUT2D eigenvalue weighted by molar-refractivity contribution is 6.03. The molecule has 0 fully saturated rings. The highest BCUT2D eigenvalue weighted by Crippen LogP contribution is 2.30. The number of fused-ring (bicyclic) bond motifs is 1. The van der Waals surface area contributed by atoms with Gasteiger partial charge < -0.3 is 9.72 Å². The van der Waals surface area contributed by atoms with Crippen LogP contribution in [0.1, 0.15) is 42.4 Å². The third-order valence-corrected chi connectivity index (χ3v) is 3.82. The van der Waals surface area contributed by atoms with Gasteiger partial charge >= 0.3 is 5.97 Å². The average molecular weight is 352 g/mol. The Morgan fingerprint density at radius 1 is 1.38 bits per heavy atom. The minimum absolute atomic E-state index is 0.402. The first-order chi connectivity index (χ1) is 12.6. The first kappa shape index (κ1) is 19.2. The van der Waals surface area contributed by atoms with E-state index in [0.29, 0.717) is 16.6 Å². The number of pyridine rings is 1. The van der Waals surface area contributed by atoms with Gasteiger partial charge in [-0.15, -0.1) is 0 Å². The molecule has 0 saturated carbocycles. The Labute approximate surface area is 153 Å². The number of allylic oxidation sites excluding steroid dienone is 1. The van der Waals surface area contributed by atoms with E-state index in [1.165, 1.54) is 7.11 Å². The molecule has 6 nitrogen and oxygen atoms in total. The Kier molecular flexibility index (Phi) is 6.11. The van der Waals surface area contributed by atoms with Crippen LogP contribution in [0, 0.1) is 0 Å². The van der Waals surface area contributed by atoms with Crippen molar-refractivity contribution in [1.29, 1.82) is 0 Å². The standard InChI is InChI=1S/C18H18N4O2.C2H6/c1-5-7-11-13(6-2)21-22(3)17(11)15-10-14-16(20-15)12(8-9-19-14)18(23)24-4;1-2/h5-10,20H,2H2,1,3-4H3;1-2H3/b7-5-;. The van der Waals surface area contributed by atoms with Crippen molar-refractivity contribution in [2.75, 3.05) is 7.11 Å². The fourth-order valence-corrected chi connectivity index (χ4v) is 2.80. The van der Waals surface area contributed by atoms with E-state index < -0.39 is 5.97 Å². The van der Waals surface area contributed by atoms with Crippen molar-refractivity contribution in [2.45, 2.75) is 20.8 Å². The van der Waals surface area contributed by atoms with Gasteiger partial charge in [0.25, 0.3) is 0 Å². The lowest BCUT2D eigenvalue weighted by Gasteiger charge is -2.02. The minimum Gasteiger partial charge on any atom is -0.465 e. The molecule has 3 aromatic rings. The number of hydrogen-bond donors (Lipinski definition) is 1. The van der Waals surface area contributed by atoms with Crippen LogP contribution < -0.4 is 0 Å². The molecule has 0 unspecified atom stereocenters. The molecule has 0 atom stereocenters. The zero-order chi connectivity index (χ0) is 19.3. The van der Waals surface area contributed by atoms with Crippen molar-refractivity contribution in [1.82, 2.24) is 19.7 Å². The maximum Gasteiger partial charge on any atom is 0.340 e. The molecule has 0 aliphatic rings. The lowest BCUT2D eigenvalue weighted by molar-refractivity contribution is 0.0602. The zero-order valence-electron chi connectivity index (χ0n) is 15.8. The van der Waals surface area contributed by atoms with Gasteiger partial charge in [-0.3, -0.25) is 9.67 Å². The fraction of sp³-hybridized carbons (Fsp3) is 0.250. The average Bonchev–Trinajstić information content (AvgIpc) is 3.23. The van der Waals surface area contributed by atoms with Crippen LogP contribution in [0.2, 0.25) is 0 Å². The third-order valence-electron chi connectivity index (χ3n) is 3.82. The normalized spacial score (nSPS) is 10.7. The van der Waals surface area contributed by atoms with Crippen molar-refractivity contribution >= 4 is 29.2 Å². The van der Waals surface area contributed by atoms with Gasteiger partial charge in [0.15, 0.2) is 0 Å². The van der Waals surface area contributed by atoms with Gasteiger partial charge in [-0.1, -0.05) is 32.6 Å². The molecular weight excluding hydrogens is 328 g/mol. The van der Waals surface area contributed by atoms with Crippen LogP contribution in [0.15, 0.2) is 31.0 Å². The van der Waals surface area contributed by atoms with Gasteiger partial charge in [-0.2, -0.15) is 5.10 Å². The summed E-state index contributed by atoms with van der Waals surface area (Å²) in [5.74, 6) is -0.402. The molecule has 3 heterocycles. The van der Waals surface area contributed by atoms with Gasteiger partial charge in [-0.25, -0.2) is 4.79 Å². The second kappa shape index (κ2) is 8.29. The van der Waals surface area contributed by atoms with E-state index in [9.17, 15) is 4.79 Å². The number of H-pyrrole nitrogens is 1. The summed E-state index contributed by atoms with van der Waals surface area (Å²) in [6.45, 7) is 9.77. The SMILES string of the molecule is C=Cc1nn(C)c(-c2cc3nccc(C(=O)OC)c3[nH]2)c1/C=C\C.CC. The quantitative estimate of drug-likeness (QED) is 0.704. The highest BCUT2D eigenvalue weighted by Gasteiger charge is 2.19. The molecule has 6 heteroatoms. The van der Waals surface area contributed by atoms with Crippen LogP contribution in [0.25, 0.3) is 34.6 Å². The number of carbonyl (C=O) groups is 1. The largest absolute Gasteiger partial charge is 0.465 e. The minimum atomic E-state index is -0.402. The molecule has 0 spiro atoms. The summed E-state index contributed by atoms with van der Waals surface area (Å²) < 4.78 is 6.62. The third kappa shape index (κ3) is 3.31. The molecule has 136 valence electrons. The monoisotopic (exact) mass is 352 g/mol. The molecule has 0 aliphatic heterocycles. The van der Waals surface area contributed by atoms with E-state index in [2.05, 4.69) is 21.6 Å². The number of ether oxygens (including phenoxy) is 1. The number of hydrogen-bond acceptors (Lipinski definition) is 4. The molecule has 0 aromatic carbocycles. The maximum absolute atomic E-state index is 11.9. The Hall–Kier alpha value is -3.15. The predicted octanol–water partition coefficient (Wildman–Crippen LogP) is 4.45. The number of nitrogens with zero attached hydrogens (tertiary/aromatic N) is 3. The van der Waals surface area contributed by atoms with Crippen molar-refractivity contribution < 1.29 is 9.53 Å². The van der Waals surface area contributed by atoms with E-state index >= 15 is 0 Å². The van der Waals surface area contributed by atoms with Crippen LogP contribution in [0.4, 0.5) is 0 Å². The number of rotatable bonds is 4. The number of aryl methyl sites for hydroxylation is 1. The molecule has 1 N–H and O–H groups in total. The maximum atomic E-state index is 11.9. The summed E-state index contributed by atoms with van der Waals surface area (Å²) in [5, 5.41) is 4.48. The van der Waals surface area contributed by atoms with Gasteiger partial charge in [0.1, 0.15) is 0 Å². The van der Waals surface area contributed by atoms with Gasteiger partial charge in [0, 0.05) is 18.8 Å². The summed E-state index contributed by atoms with van der Waals surface area (Å²) in [6, 6.07) is 3.54. The van der Waals surface area contributed by atoms with Crippen molar-refractivity contribution in [3.63, 3.8) is 0 Å². The molecule has 0 radical (unpaired) electrons. The smallest absolute Gasteiger partial charge is 0.340 e. The van der Waals surface area contributed by atoms with Gasteiger partial charge in [0.05, 0.1) is 40.8 Å². The molecule has 0 aliphatic carbocycles. The van der Waals surface area contributed by atoms with E-state index in [4.69, 9.17) is 4.74 Å². The number of aromatic nitrogens is 4. The first-order valence-electron chi connectivity index (χ1n) is 8.49. The molecule has 0 bridgehead atoms. The van der Waals surface area contributed by atoms with E-state index in [1.807, 2.05) is 46.0 Å². The first-order valence-corrected chi connectivity index (χ1v) is 8.49. The topological polar surface area (TPSA) is 72.8 Å². The second-order valence-electron chi connectivity index (χ2n) is 5.27. The molecule has 0 amide bonds.